The van der Waals surface area contributed by atoms with Crippen LogP contribution in [-0.4, -0.2) is 31.0 Å². The number of ether oxygens (including phenoxy) is 3. The van der Waals surface area contributed by atoms with Gasteiger partial charge in [-0.1, -0.05) is 48.5 Å². The molecule has 2 aromatic carbocycles. The van der Waals surface area contributed by atoms with Crippen molar-refractivity contribution in [3.05, 3.63) is 65.7 Å². The molecule has 150 valence electrons. The summed E-state index contributed by atoms with van der Waals surface area (Å²) < 4.78 is 17.9. The van der Waals surface area contributed by atoms with Gasteiger partial charge in [0.25, 0.3) is 0 Å². The molecule has 4 nitrogen and oxygen atoms in total. The lowest BCUT2D eigenvalue weighted by Crippen LogP contribution is -2.19. The van der Waals surface area contributed by atoms with E-state index in [1.807, 2.05) is 30.3 Å². The molecule has 2 aromatic rings. The lowest BCUT2D eigenvalue weighted by Gasteiger charge is -2.23. The average Bonchev–Trinajstić information content (AvgIpc) is 3.29. The monoisotopic (exact) mass is 382 g/mol. The Bertz CT molecular complexity index is 733. The molecule has 2 aliphatic carbocycles. The second-order valence-corrected chi connectivity index (χ2v) is 8.05. The van der Waals surface area contributed by atoms with Gasteiger partial charge in [0, 0.05) is 5.56 Å². The third-order valence-electron chi connectivity index (χ3n) is 6.27. The van der Waals surface area contributed by atoms with Gasteiger partial charge in [-0.3, -0.25) is 0 Å². The topological polar surface area (TPSA) is 47.9 Å². The van der Waals surface area contributed by atoms with Crippen LogP contribution in [0.4, 0.5) is 0 Å². The van der Waals surface area contributed by atoms with Crippen LogP contribution < -0.4 is 4.74 Å². The van der Waals surface area contributed by atoms with Gasteiger partial charge in [-0.2, -0.15) is 0 Å². The first kappa shape index (κ1) is 19.4. The van der Waals surface area contributed by atoms with Crippen molar-refractivity contribution < 1.29 is 19.3 Å². The normalized spacial score (nSPS) is 27.5. The molecular formula is C24H30O4. The summed E-state index contributed by atoms with van der Waals surface area (Å²) in [4.78, 5) is 0. The number of hydrogen-bond donors (Lipinski definition) is 1. The van der Waals surface area contributed by atoms with Gasteiger partial charge >= 0.3 is 0 Å². The number of aliphatic hydroxyl groups is 1. The Morgan fingerprint density at radius 3 is 2.21 bits per heavy atom. The number of hydrogen-bond acceptors (Lipinski definition) is 4. The molecule has 0 radical (unpaired) electrons. The Balaban J connectivity index is 1.28. The summed E-state index contributed by atoms with van der Waals surface area (Å²) in [6.45, 7) is 0.667. The van der Waals surface area contributed by atoms with Crippen LogP contribution in [0.25, 0.3) is 0 Å². The first-order valence-electron chi connectivity index (χ1n) is 10.3. The van der Waals surface area contributed by atoms with Gasteiger partial charge in [0.2, 0.25) is 0 Å². The lowest BCUT2D eigenvalue weighted by molar-refractivity contribution is -0.0450. The van der Waals surface area contributed by atoms with Crippen molar-refractivity contribution in [1.82, 2.24) is 0 Å². The Morgan fingerprint density at radius 1 is 0.893 bits per heavy atom. The molecule has 0 bridgehead atoms. The molecule has 0 aromatic heterocycles. The minimum atomic E-state index is -0.329. The molecule has 4 rings (SSSR count). The van der Waals surface area contributed by atoms with E-state index in [0.717, 1.165) is 37.0 Å². The Labute approximate surface area is 167 Å². The quantitative estimate of drug-likeness (QED) is 0.729. The zero-order valence-corrected chi connectivity index (χ0v) is 16.5. The van der Waals surface area contributed by atoms with Crippen LogP contribution in [0, 0.1) is 11.8 Å². The number of methoxy groups -OCH3 is 1. The number of para-hydroxylation sites is 1. The summed E-state index contributed by atoms with van der Waals surface area (Å²) in [5.74, 6) is 2.11. The predicted octanol–water partition coefficient (Wildman–Crippen LogP) is 4.52. The Hall–Kier alpha value is -1.88. The molecule has 0 amide bonds. The van der Waals surface area contributed by atoms with Gasteiger partial charge in [0.1, 0.15) is 11.9 Å². The largest absolute Gasteiger partial charge is 0.496 e. The highest BCUT2D eigenvalue weighted by molar-refractivity contribution is 5.35. The minimum absolute atomic E-state index is 0.0327. The van der Waals surface area contributed by atoms with E-state index in [9.17, 15) is 5.11 Å². The van der Waals surface area contributed by atoms with Crippen LogP contribution in [0.15, 0.2) is 54.6 Å². The number of fused-ring (bicyclic) bond motifs is 1. The van der Waals surface area contributed by atoms with Crippen molar-refractivity contribution in [3.63, 3.8) is 0 Å². The van der Waals surface area contributed by atoms with Crippen LogP contribution in [0.2, 0.25) is 0 Å². The molecule has 2 fully saturated rings. The van der Waals surface area contributed by atoms with Crippen LogP contribution in [0.5, 0.6) is 5.75 Å². The third-order valence-corrected chi connectivity index (χ3v) is 6.27. The Kier molecular flexibility index (Phi) is 6.30. The summed E-state index contributed by atoms with van der Waals surface area (Å²) in [6, 6.07) is 18.2. The summed E-state index contributed by atoms with van der Waals surface area (Å²) >= 11 is 0. The second kappa shape index (κ2) is 9.08. The molecule has 5 atom stereocenters. The van der Waals surface area contributed by atoms with Crippen LogP contribution >= 0.6 is 0 Å². The van der Waals surface area contributed by atoms with Crippen LogP contribution in [0.1, 0.15) is 42.9 Å². The van der Waals surface area contributed by atoms with E-state index in [4.69, 9.17) is 14.2 Å². The average molecular weight is 383 g/mol. The summed E-state index contributed by atoms with van der Waals surface area (Å²) in [5.41, 5.74) is 2.16. The van der Waals surface area contributed by atoms with Gasteiger partial charge in [-0.15, -0.1) is 0 Å². The van der Waals surface area contributed by atoms with Crippen LogP contribution in [0.3, 0.4) is 0 Å². The molecular weight excluding hydrogens is 352 g/mol. The van der Waals surface area contributed by atoms with Gasteiger partial charge in [0.05, 0.1) is 32.5 Å². The molecule has 1 N–H and O–H groups in total. The highest BCUT2D eigenvalue weighted by atomic mass is 16.5. The van der Waals surface area contributed by atoms with E-state index in [1.165, 1.54) is 5.56 Å². The fourth-order valence-electron chi connectivity index (χ4n) is 4.92. The van der Waals surface area contributed by atoms with Crippen molar-refractivity contribution in [2.24, 2.45) is 11.8 Å². The molecule has 2 saturated carbocycles. The molecule has 0 spiro atoms. The van der Waals surface area contributed by atoms with E-state index < -0.39 is 0 Å². The highest BCUT2D eigenvalue weighted by Gasteiger charge is 2.43. The number of aliphatic hydroxyl groups excluding tert-OH is 1. The SMILES string of the molecule is COc1ccccc1C(CO)OC1C[C@H]2CC(OCc3ccccc3)C[C@H]2C1. The predicted molar refractivity (Wildman–Crippen MR) is 108 cm³/mol. The highest BCUT2D eigenvalue weighted by Crippen LogP contribution is 2.47. The maximum Gasteiger partial charge on any atom is 0.124 e. The van der Waals surface area contributed by atoms with E-state index in [2.05, 4.69) is 24.3 Å². The molecule has 3 unspecified atom stereocenters. The maximum absolute atomic E-state index is 9.88. The first-order valence-corrected chi connectivity index (χ1v) is 10.3. The molecule has 28 heavy (non-hydrogen) atoms. The van der Waals surface area contributed by atoms with Crippen molar-refractivity contribution in [3.8, 4) is 5.75 Å². The van der Waals surface area contributed by atoms with Crippen LogP contribution in [-0.2, 0) is 16.1 Å². The Morgan fingerprint density at radius 2 is 1.54 bits per heavy atom. The molecule has 0 saturated heterocycles. The minimum Gasteiger partial charge on any atom is -0.496 e. The van der Waals surface area contributed by atoms with Crippen molar-refractivity contribution in [2.75, 3.05) is 13.7 Å². The summed E-state index contributed by atoms with van der Waals surface area (Å²) in [7, 11) is 1.66. The molecule has 0 heterocycles. The van der Waals surface area contributed by atoms with E-state index in [-0.39, 0.29) is 18.8 Å². The second-order valence-electron chi connectivity index (χ2n) is 8.05. The summed E-state index contributed by atoms with van der Waals surface area (Å²) in [6.07, 6.45) is 4.59. The van der Waals surface area contributed by atoms with Gasteiger partial charge in [-0.05, 0) is 49.1 Å². The third kappa shape index (κ3) is 4.40. The number of benzene rings is 2. The molecule has 4 heteroatoms. The fourth-order valence-corrected chi connectivity index (χ4v) is 4.92. The first-order chi connectivity index (χ1) is 13.8. The fraction of sp³-hybridized carbons (Fsp3) is 0.500. The van der Waals surface area contributed by atoms with E-state index in [1.54, 1.807) is 7.11 Å². The molecule has 2 aliphatic rings. The smallest absolute Gasteiger partial charge is 0.124 e. The van der Waals surface area contributed by atoms with E-state index in [0.29, 0.717) is 24.5 Å². The van der Waals surface area contributed by atoms with Crippen molar-refractivity contribution in [1.29, 1.82) is 0 Å². The van der Waals surface area contributed by atoms with Crippen molar-refractivity contribution in [2.45, 2.75) is 50.6 Å². The zero-order valence-electron chi connectivity index (χ0n) is 16.5. The zero-order chi connectivity index (χ0) is 19.3. The lowest BCUT2D eigenvalue weighted by atomic mass is 10.0. The van der Waals surface area contributed by atoms with Gasteiger partial charge < -0.3 is 19.3 Å². The van der Waals surface area contributed by atoms with E-state index >= 15 is 0 Å². The van der Waals surface area contributed by atoms with Crippen molar-refractivity contribution >= 4 is 0 Å². The van der Waals surface area contributed by atoms with Gasteiger partial charge in [0.15, 0.2) is 0 Å². The molecule has 0 aliphatic heterocycles. The van der Waals surface area contributed by atoms with Gasteiger partial charge in [-0.25, -0.2) is 0 Å². The maximum atomic E-state index is 9.88. The number of rotatable bonds is 8. The summed E-state index contributed by atoms with van der Waals surface area (Å²) in [5, 5.41) is 9.88. The standard InChI is InChI=1S/C24H30O4/c1-26-23-10-6-5-9-22(23)24(15-25)28-21-13-18-11-20(12-19(18)14-21)27-16-17-7-3-2-4-8-17/h2-10,18-21,24-25H,11-16H2,1H3/t18-,19+,20?,21?,24?.